The topological polar surface area (TPSA) is 84.0 Å². The number of nitrogens with zero attached hydrogens (tertiary/aromatic N) is 1. The second-order valence-electron chi connectivity index (χ2n) is 5.92. The third-order valence-electron chi connectivity index (χ3n) is 3.91. The molecule has 0 saturated heterocycles. The number of hydrogen-bond acceptors (Lipinski definition) is 5. The fourth-order valence-corrected chi connectivity index (χ4v) is 3.19. The number of thiophene rings is 1. The number of anilines is 1. The standard InChI is InChI=1S/C19H24N4O3S/c1-20-19(22-9-3-8-21-18(24)17-5-2-12-27-17)23-14-6-7-15-16(13-14)26-11-4-10-25-15/h2,5-7,12-13H,3-4,8-11H2,1H3,(H,21,24)(H2,20,22,23). The molecule has 0 radical (unpaired) electrons. The van der Waals surface area contributed by atoms with Crippen molar-refractivity contribution < 1.29 is 14.3 Å². The third-order valence-corrected chi connectivity index (χ3v) is 4.78. The normalized spacial score (nSPS) is 13.6. The van der Waals surface area contributed by atoms with Crippen LogP contribution in [-0.2, 0) is 0 Å². The van der Waals surface area contributed by atoms with Crippen molar-refractivity contribution in [1.82, 2.24) is 10.6 Å². The van der Waals surface area contributed by atoms with E-state index in [0.717, 1.165) is 34.9 Å². The van der Waals surface area contributed by atoms with Crippen LogP contribution in [-0.4, -0.2) is 45.2 Å². The minimum atomic E-state index is -0.0281. The monoisotopic (exact) mass is 388 g/mol. The van der Waals surface area contributed by atoms with Gasteiger partial charge >= 0.3 is 0 Å². The van der Waals surface area contributed by atoms with Crippen LogP contribution in [0.25, 0.3) is 0 Å². The van der Waals surface area contributed by atoms with Crippen molar-refractivity contribution in [2.45, 2.75) is 12.8 Å². The molecule has 0 aliphatic carbocycles. The average molecular weight is 388 g/mol. The average Bonchev–Trinajstić information content (AvgIpc) is 3.13. The summed E-state index contributed by atoms with van der Waals surface area (Å²) in [6.07, 6.45) is 1.67. The molecule has 0 unspecified atom stereocenters. The second-order valence-corrected chi connectivity index (χ2v) is 6.87. The Morgan fingerprint density at radius 1 is 1.15 bits per heavy atom. The molecule has 3 N–H and O–H groups in total. The zero-order valence-corrected chi connectivity index (χ0v) is 16.1. The summed E-state index contributed by atoms with van der Waals surface area (Å²) in [7, 11) is 1.72. The van der Waals surface area contributed by atoms with Crippen molar-refractivity contribution in [2.75, 3.05) is 38.7 Å². The van der Waals surface area contributed by atoms with Gasteiger partial charge in [0.05, 0.1) is 18.1 Å². The Balaban J connectivity index is 1.42. The summed E-state index contributed by atoms with van der Waals surface area (Å²) in [5.41, 5.74) is 0.873. The first-order chi connectivity index (χ1) is 13.3. The van der Waals surface area contributed by atoms with Gasteiger partial charge < -0.3 is 25.4 Å². The number of nitrogens with one attached hydrogen (secondary N) is 3. The highest BCUT2D eigenvalue weighted by Crippen LogP contribution is 2.32. The molecule has 27 heavy (non-hydrogen) atoms. The Labute approximate surface area is 162 Å². The number of ether oxygens (including phenoxy) is 2. The predicted molar refractivity (Wildman–Crippen MR) is 108 cm³/mol. The maximum atomic E-state index is 11.9. The molecule has 1 amide bonds. The van der Waals surface area contributed by atoms with Crippen molar-refractivity contribution in [3.05, 3.63) is 40.6 Å². The molecule has 1 aromatic carbocycles. The zero-order valence-electron chi connectivity index (χ0n) is 15.3. The van der Waals surface area contributed by atoms with Crippen LogP contribution in [0.15, 0.2) is 40.7 Å². The summed E-state index contributed by atoms with van der Waals surface area (Å²) in [6, 6.07) is 9.43. The highest BCUT2D eigenvalue weighted by Gasteiger charge is 2.11. The van der Waals surface area contributed by atoms with Gasteiger partial charge in [-0.3, -0.25) is 9.79 Å². The van der Waals surface area contributed by atoms with Crippen LogP contribution in [0.4, 0.5) is 5.69 Å². The van der Waals surface area contributed by atoms with Crippen molar-refractivity contribution >= 4 is 28.9 Å². The summed E-state index contributed by atoms with van der Waals surface area (Å²) >= 11 is 1.44. The second kappa shape index (κ2) is 9.82. The summed E-state index contributed by atoms with van der Waals surface area (Å²) in [4.78, 5) is 16.8. The molecule has 2 heterocycles. The smallest absolute Gasteiger partial charge is 0.261 e. The van der Waals surface area contributed by atoms with Crippen molar-refractivity contribution in [2.24, 2.45) is 4.99 Å². The SMILES string of the molecule is CN=C(NCCCNC(=O)c1cccs1)Nc1ccc2c(c1)OCCCO2. The third kappa shape index (κ3) is 5.62. The predicted octanol–water partition coefficient (Wildman–Crippen LogP) is 2.72. The van der Waals surface area contributed by atoms with E-state index in [-0.39, 0.29) is 5.91 Å². The Kier molecular flexibility index (Phi) is 6.92. The van der Waals surface area contributed by atoms with Gasteiger partial charge in [-0.15, -0.1) is 11.3 Å². The lowest BCUT2D eigenvalue weighted by molar-refractivity contribution is 0.0957. The highest BCUT2D eigenvalue weighted by molar-refractivity contribution is 7.12. The van der Waals surface area contributed by atoms with Gasteiger partial charge in [-0.05, 0) is 30.0 Å². The van der Waals surface area contributed by atoms with Crippen LogP contribution in [0, 0.1) is 0 Å². The van der Waals surface area contributed by atoms with Gasteiger partial charge in [0, 0.05) is 38.3 Å². The number of amides is 1. The lowest BCUT2D eigenvalue weighted by atomic mass is 10.2. The first kappa shape index (κ1) is 19.0. The van der Waals surface area contributed by atoms with Crippen LogP contribution in [0.3, 0.4) is 0 Å². The summed E-state index contributed by atoms with van der Waals surface area (Å²) in [5, 5.41) is 11.3. The number of hydrogen-bond donors (Lipinski definition) is 3. The summed E-state index contributed by atoms with van der Waals surface area (Å²) < 4.78 is 11.3. The molecular weight excluding hydrogens is 364 g/mol. The molecule has 0 atom stereocenters. The van der Waals surface area contributed by atoms with Gasteiger partial charge in [0.2, 0.25) is 0 Å². The highest BCUT2D eigenvalue weighted by atomic mass is 32.1. The molecular formula is C19H24N4O3S. The zero-order chi connectivity index (χ0) is 18.9. The van der Waals surface area contributed by atoms with E-state index in [0.29, 0.717) is 32.3 Å². The van der Waals surface area contributed by atoms with Gasteiger partial charge in [-0.25, -0.2) is 0 Å². The molecule has 1 aliphatic rings. The number of benzene rings is 1. The first-order valence-electron chi connectivity index (χ1n) is 8.95. The minimum Gasteiger partial charge on any atom is -0.490 e. The molecule has 144 valence electrons. The van der Waals surface area contributed by atoms with E-state index in [9.17, 15) is 4.79 Å². The minimum absolute atomic E-state index is 0.0281. The summed E-state index contributed by atoms with van der Waals surface area (Å²) in [6.45, 7) is 2.62. The van der Waals surface area contributed by atoms with E-state index in [1.165, 1.54) is 11.3 Å². The molecule has 3 rings (SSSR count). The van der Waals surface area contributed by atoms with Gasteiger partial charge in [-0.1, -0.05) is 6.07 Å². The van der Waals surface area contributed by atoms with Gasteiger partial charge in [0.25, 0.3) is 5.91 Å². The molecule has 1 aliphatic heterocycles. The number of carbonyl (C=O) groups excluding carboxylic acids is 1. The van der Waals surface area contributed by atoms with Crippen LogP contribution < -0.4 is 25.4 Å². The van der Waals surface area contributed by atoms with Crippen LogP contribution in [0.1, 0.15) is 22.5 Å². The van der Waals surface area contributed by atoms with E-state index < -0.39 is 0 Å². The van der Waals surface area contributed by atoms with E-state index in [4.69, 9.17) is 9.47 Å². The number of aliphatic imine (C=N–C) groups is 1. The largest absolute Gasteiger partial charge is 0.490 e. The Morgan fingerprint density at radius 3 is 2.74 bits per heavy atom. The van der Waals surface area contributed by atoms with E-state index in [1.54, 1.807) is 7.05 Å². The number of carbonyl (C=O) groups is 1. The molecule has 2 aromatic rings. The number of guanidine groups is 1. The molecule has 7 nitrogen and oxygen atoms in total. The fraction of sp³-hybridized carbons (Fsp3) is 0.368. The maximum absolute atomic E-state index is 11.9. The molecule has 0 saturated carbocycles. The Hall–Kier alpha value is -2.74. The van der Waals surface area contributed by atoms with Crippen molar-refractivity contribution in [3.63, 3.8) is 0 Å². The maximum Gasteiger partial charge on any atom is 0.261 e. The van der Waals surface area contributed by atoms with Crippen LogP contribution >= 0.6 is 11.3 Å². The lowest BCUT2D eigenvalue weighted by Crippen LogP contribution is -2.33. The fourth-order valence-electron chi connectivity index (χ4n) is 2.55. The van der Waals surface area contributed by atoms with Gasteiger partial charge in [0.15, 0.2) is 17.5 Å². The lowest BCUT2D eigenvalue weighted by Gasteiger charge is -2.14. The van der Waals surface area contributed by atoms with Crippen LogP contribution in [0.5, 0.6) is 11.5 Å². The molecule has 0 bridgehead atoms. The first-order valence-corrected chi connectivity index (χ1v) is 9.83. The molecule has 1 aromatic heterocycles. The van der Waals surface area contributed by atoms with Crippen LogP contribution in [0.2, 0.25) is 0 Å². The Bertz CT molecular complexity index is 777. The van der Waals surface area contributed by atoms with E-state index >= 15 is 0 Å². The molecule has 0 fully saturated rings. The van der Waals surface area contributed by atoms with Crippen molar-refractivity contribution in [1.29, 1.82) is 0 Å². The van der Waals surface area contributed by atoms with Gasteiger partial charge in [0.1, 0.15) is 0 Å². The number of rotatable bonds is 6. The molecule has 0 spiro atoms. The van der Waals surface area contributed by atoms with Crippen molar-refractivity contribution in [3.8, 4) is 11.5 Å². The summed E-state index contributed by atoms with van der Waals surface area (Å²) in [5.74, 6) is 2.14. The number of fused-ring (bicyclic) bond motifs is 1. The van der Waals surface area contributed by atoms with E-state index in [1.807, 2.05) is 35.7 Å². The Morgan fingerprint density at radius 2 is 1.96 bits per heavy atom. The quantitative estimate of drug-likeness (QED) is 0.403. The van der Waals surface area contributed by atoms with Gasteiger partial charge in [-0.2, -0.15) is 0 Å². The molecule has 8 heteroatoms. The van der Waals surface area contributed by atoms with E-state index in [2.05, 4.69) is 20.9 Å².